The molecule has 0 bridgehead atoms. The number of aromatic carboxylic acids is 1. The van der Waals surface area contributed by atoms with Gasteiger partial charge in [-0.05, 0) is 110 Å². The molecule has 4 aromatic carbocycles. The smallest absolute Gasteiger partial charge is 0.390 e. The van der Waals surface area contributed by atoms with Gasteiger partial charge in [-0.1, -0.05) is 41.4 Å². The first kappa shape index (κ1) is 50.0. The largest absolute Gasteiger partial charge is 0.478 e. The van der Waals surface area contributed by atoms with E-state index in [4.69, 9.17) is 32.7 Å². The molecule has 3 N–H and O–H groups in total. The quantitative estimate of drug-likeness (QED) is 0.0625. The Bertz CT molecular complexity index is 3230. The van der Waals surface area contributed by atoms with Crippen LogP contribution in [-0.4, -0.2) is 71.5 Å². The lowest BCUT2D eigenvalue weighted by atomic mass is 9.98. The van der Waals surface area contributed by atoms with E-state index in [1.807, 2.05) is 25.1 Å². The molecule has 0 atom stereocenters. The van der Waals surface area contributed by atoms with E-state index in [9.17, 15) is 41.0 Å². The molecule has 0 amide bonds. The van der Waals surface area contributed by atoms with Gasteiger partial charge in [-0.3, -0.25) is 4.79 Å². The molecule has 0 radical (unpaired) electrons. The molecule has 4 heterocycles. The van der Waals surface area contributed by atoms with E-state index in [1.54, 1.807) is 73.8 Å². The van der Waals surface area contributed by atoms with Gasteiger partial charge in [0, 0.05) is 58.4 Å². The second kappa shape index (κ2) is 20.9. The number of alkyl halides is 6. The van der Waals surface area contributed by atoms with Crippen LogP contribution >= 0.6 is 23.2 Å². The maximum Gasteiger partial charge on any atom is 0.390 e. The molecule has 0 spiro atoms. The number of ether oxygens (including phenoxy) is 2. The highest BCUT2D eigenvalue weighted by atomic mass is 35.5. The van der Waals surface area contributed by atoms with Crippen molar-refractivity contribution >= 4 is 57.6 Å². The van der Waals surface area contributed by atoms with Crippen LogP contribution in [-0.2, 0) is 0 Å². The zero-order valence-corrected chi connectivity index (χ0v) is 39.2. The summed E-state index contributed by atoms with van der Waals surface area (Å²) < 4.78 is 91.0. The van der Waals surface area contributed by atoms with Gasteiger partial charge in [0.25, 0.3) is 0 Å². The van der Waals surface area contributed by atoms with E-state index < -0.39 is 31.2 Å². The number of hydrogen-bond donors (Lipinski definition) is 3. The number of nitrogens with zero attached hydrogens (tertiary/aromatic N) is 6. The van der Waals surface area contributed by atoms with E-state index in [0.29, 0.717) is 84.6 Å². The standard InChI is InChI=1S/C27H24ClF3N4O2.C23H18ClF3N4O3/c1-16-12-18(4-9-21(16)24(36)13-17-2-3-17)23-15-33-26-22(32-11-10-27(29,30)31)14-25(34-35(23)26)37-20-7-5-19(28)6-8-20;1-13-10-14(2-7-17(13)22(32)33)19-12-29-21-18(28-9-8-23(25,26)27)11-20(30-31(19)21)34-16-5-3-15(24)4-6-16/h4-9,12,14-15,17,32H,2-3,10-11,13H2,1H3;2-7,10-12,28H,8-9H2,1H3,(H,32,33). The maximum absolute atomic E-state index is 12.8. The Morgan fingerprint density at radius 3 is 1.45 bits per heavy atom. The summed E-state index contributed by atoms with van der Waals surface area (Å²) in [6.07, 6.45) is -4.75. The average molecular weight is 1020 g/mol. The van der Waals surface area contributed by atoms with Gasteiger partial charge in [0.1, 0.15) is 11.5 Å². The number of carboxylic acid groups (broad SMARTS) is 1. The molecule has 1 aliphatic rings. The molecule has 0 unspecified atom stereocenters. The fraction of sp³-hybridized carbons (Fsp3) is 0.240. The number of carbonyl (C=O) groups is 2. The lowest BCUT2D eigenvalue weighted by Crippen LogP contribution is -2.15. The summed E-state index contributed by atoms with van der Waals surface area (Å²) in [5.74, 6) is 0.762. The van der Waals surface area contributed by atoms with Crippen LogP contribution in [0.2, 0.25) is 10.0 Å². The van der Waals surface area contributed by atoms with E-state index in [1.165, 1.54) is 33.4 Å². The van der Waals surface area contributed by atoms with Crippen LogP contribution in [0.3, 0.4) is 0 Å². The number of ketones is 1. The third kappa shape index (κ3) is 12.9. The molecule has 0 aliphatic heterocycles. The van der Waals surface area contributed by atoms with Gasteiger partial charge in [-0.15, -0.1) is 10.2 Å². The number of carboxylic acids is 1. The number of hydrogen-bond acceptors (Lipinski definition) is 10. The van der Waals surface area contributed by atoms with Crippen LogP contribution in [0.4, 0.5) is 37.7 Å². The minimum atomic E-state index is -4.32. The number of fused-ring (bicyclic) bond motifs is 2. The van der Waals surface area contributed by atoms with Crippen molar-refractivity contribution in [2.24, 2.45) is 5.92 Å². The number of aromatic nitrogens is 6. The molecule has 1 aliphatic carbocycles. The van der Waals surface area contributed by atoms with E-state index in [0.717, 1.165) is 24.0 Å². The van der Waals surface area contributed by atoms with E-state index >= 15 is 0 Å². The number of anilines is 2. The molecule has 8 aromatic rings. The second-order valence-electron chi connectivity index (χ2n) is 16.7. The summed E-state index contributed by atoms with van der Waals surface area (Å²) in [4.78, 5) is 32.7. The third-order valence-electron chi connectivity index (χ3n) is 11.2. The van der Waals surface area contributed by atoms with Crippen LogP contribution in [0.25, 0.3) is 33.8 Å². The van der Waals surface area contributed by atoms with Crippen molar-refractivity contribution in [1.82, 2.24) is 29.2 Å². The van der Waals surface area contributed by atoms with Gasteiger partial charge in [0.05, 0.1) is 53.6 Å². The second-order valence-corrected chi connectivity index (χ2v) is 17.6. The molecule has 9 rings (SSSR count). The van der Waals surface area contributed by atoms with Crippen LogP contribution in [0, 0.1) is 19.8 Å². The van der Waals surface area contributed by atoms with Crippen molar-refractivity contribution in [3.63, 3.8) is 0 Å². The van der Waals surface area contributed by atoms with Crippen molar-refractivity contribution in [3.05, 3.63) is 142 Å². The number of imidazole rings is 2. The molecule has 1 saturated carbocycles. The first-order valence-electron chi connectivity index (χ1n) is 22.0. The summed E-state index contributed by atoms with van der Waals surface area (Å²) in [5, 5.41) is 24.9. The number of benzene rings is 4. The van der Waals surface area contributed by atoms with Gasteiger partial charge < -0.3 is 25.2 Å². The summed E-state index contributed by atoms with van der Waals surface area (Å²) in [6.45, 7) is 2.86. The fourth-order valence-electron chi connectivity index (χ4n) is 7.46. The predicted octanol–water partition coefficient (Wildman–Crippen LogP) is 13.7. The SMILES string of the molecule is Cc1cc(-c2cnc3c(NCCC(F)(F)F)cc(Oc4ccc(Cl)cc4)nn23)ccc1C(=O)CC1CC1.Cc1cc(-c2cnc3c(NCCC(F)(F)F)cc(Oc4ccc(Cl)cc4)nn23)ccc1C(=O)O. The molecule has 1 fully saturated rings. The Balaban J connectivity index is 0.000000191. The summed E-state index contributed by atoms with van der Waals surface area (Å²) >= 11 is 11.9. The van der Waals surface area contributed by atoms with Crippen molar-refractivity contribution in [2.75, 3.05) is 23.7 Å². The fourth-order valence-corrected chi connectivity index (χ4v) is 7.72. The van der Waals surface area contributed by atoms with Crippen molar-refractivity contribution in [3.8, 4) is 45.8 Å². The number of carbonyl (C=O) groups excluding carboxylic acids is 1. The Labute approximate surface area is 411 Å². The lowest BCUT2D eigenvalue weighted by Gasteiger charge is -2.13. The Hall–Kier alpha value is -7.38. The highest BCUT2D eigenvalue weighted by Gasteiger charge is 2.29. The van der Waals surface area contributed by atoms with Crippen LogP contribution < -0.4 is 20.1 Å². The normalized spacial score (nSPS) is 12.6. The molecule has 13 nitrogen and oxygen atoms in total. The van der Waals surface area contributed by atoms with Crippen molar-refractivity contribution < 1.29 is 50.5 Å². The van der Waals surface area contributed by atoms with Crippen LogP contribution in [0.5, 0.6) is 23.3 Å². The van der Waals surface area contributed by atoms with Crippen LogP contribution in [0.15, 0.2) is 109 Å². The number of rotatable bonds is 16. The van der Waals surface area contributed by atoms with Gasteiger partial charge in [-0.25, -0.2) is 23.8 Å². The number of halogens is 8. The minimum absolute atomic E-state index is 0.113. The highest BCUT2D eigenvalue weighted by Crippen LogP contribution is 2.36. The highest BCUT2D eigenvalue weighted by molar-refractivity contribution is 6.30. The molecule has 0 saturated heterocycles. The number of aryl methyl sites for hydroxylation is 2. The molecule has 368 valence electrons. The molecular weight excluding hydrogens is 977 g/mol. The van der Waals surface area contributed by atoms with Crippen molar-refractivity contribution in [1.29, 1.82) is 0 Å². The first-order chi connectivity index (χ1) is 33.8. The topological polar surface area (TPSA) is 157 Å². The van der Waals surface area contributed by atoms with Gasteiger partial charge in [0.2, 0.25) is 11.8 Å². The lowest BCUT2D eigenvalue weighted by molar-refractivity contribution is -0.132. The monoisotopic (exact) mass is 1020 g/mol. The van der Waals surface area contributed by atoms with Gasteiger partial charge in [0.15, 0.2) is 17.1 Å². The first-order valence-corrected chi connectivity index (χ1v) is 22.8. The van der Waals surface area contributed by atoms with Gasteiger partial charge >= 0.3 is 18.3 Å². The molecule has 4 aromatic heterocycles. The Morgan fingerprint density at radius 1 is 0.648 bits per heavy atom. The summed E-state index contributed by atoms with van der Waals surface area (Å²) in [6, 6.07) is 26.5. The zero-order valence-electron chi connectivity index (χ0n) is 37.7. The number of Topliss-reactive ketones (excluding diaryl/α,β-unsaturated/α-hetero) is 1. The van der Waals surface area contributed by atoms with E-state index in [-0.39, 0.29) is 36.2 Å². The maximum atomic E-state index is 12.8. The van der Waals surface area contributed by atoms with Crippen molar-refractivity contribution in [2.45, 2.75) is 58.3 Å². The van der Waals surface area contributed by atoms with Crippen LogP contribution in [0.1, 0.15) is 63.9 Å². The molecular formula is C50H42Cl2F6N8O5. The summed E-state index contributed by atoms with van der Waals surface area (Å²) in [7, 11) is 0. The Kier molecular flexibility index (Phi) is 14.7. The Morgan fingerprint density at radius 2 is 1.07 bits per heavy atom. The number of nitrogens with one attached hydrogen (secondary N) is 2. The predicted molar refractivity (Wildman–Crippen MR) is 256 cm³/mol. The third-order valence-corrected chi connectivity index (χ3v) is 11.7. The summed E-state index contributed by atoms with van der Waals surface area (Å²) in [5.41, 5.74) is 6.05. The molecule has 71 heavy (non-hydrogen) atoms. The molecule has 21 heteroatoms. The average Bonchev–Trinajstić information content (AvgIpc) is 3.84. The van der Waals surface area contributed by atoms with E-state index in [2.05, 4.69) is 30.8 Å². The zero-order chi connectivity index (χ0) is 50.6. The minimum Gasteiger partial charge on any atom is -0.478 e. The van der Waals surface area contributed by atoms with Gasteiger partial charge in [-0.2, -0.15) is 26.3 Å².